The molecule has 0 fully saturated rings. The van der Waals surface area contributed by atoms with Crippen LogP contribution in [0.4, 0.5) is 10.9 Å². The van der Waals surface area contributed by atoms with Gasteiger partial charge in [0, 0.05) is 11.6 Å². The minimum absolute atomic E-state index is 0.112. The summed E-state index contributed by atoms with van der Waals surface area (Å²) in [6, 6.07) is 15.1. The second-order valence-electron chi connectivity index (χ2n) is 6.41. The monoisotopic (exact) mass is 465 g/mol. The molecule has 0 saturated carbocycles. The number of amides is 1. The van der Waals surface area contributed by atoms with Crippen LogP contribution in [0, 0.1) is 11.3 Å². The summed E-state index contributed by atoms with van der Waals surface area (Å²) in [5, 5.41) is 17.9. The highest BCUT2D eigenvalue weighted by Crippen LogP contribution is 2.22. The Morgan fingerprint density at radius 1 is 1.16 bits per heavy atom. The quantitative estimate of drug-likeness (QED) is 0.427. The summed E-state index contributed by atoms with van der Waals surface area (Å²) in [6.45, 7) is 0. The van der Waals surface area contributed by atoms with Crippen LogP contribution in [0.1, 0.15) is 11.3 Å². The van der Waals surface area contributed by atoms with Crippen LogP contribution in [0.3, 0.4) is 0 Å². The number of sulfonamides is 1. The molecule has 10 nitrogen and oxygen atoms in total. The van der Waals surface area contributed by atoms with Gasteiger partial charge >= 0.3 is 0 Å². The summed E-state index contributed by atoms with van der Waals surface area (Å²) in [7, 11) is -3.77. The molecule has 160 valence electrons. The highest BCUT2D eigenvalue weighted by atomic mass is 32.2. The fraction of sp³-hybridized carbons (Fsp3) is 0.0500. The number of anilines is 2. The number of thiazole rings is 1. The van der Waals surface area contributed by atoms with Crippen molar-refractivity contribution in [3.8, 4) is 11.9 Å². The molecule has 0 aliphatic heterocycles. The zero-order valence-electron chi connectivity index (χ0n) is 16.3. The number of rotatable bonds is 7. The van der Waals surface area contributed by atoms with Crippen LogP contribution in [0.5, 0.6) is 0 Å². The fourth-order valence-corrected chi connectivity index (χ4v) is 4.74. The van der Waals surface area contributed by atoms with Gasteiger partial charge in [-0.25, -0.2) is 18.4 Å². The van der Waals surface area contributed by atoms with Crippen LogP contribution in [0.25, 0.3) is 5.82 Å². The lowest BCUT2D eigenvalue weighted by atomic mass is 10.3. The average molecular weight is 466 g/mol. The Bertz CT molecular complexity index is 1390. The van der Waals surface area contributed by atoms with Crippen LogP contribution in [0.15, 0.2) is 71.2 Å². The number of nitrogens with zero attached hydrogens (tertiary/aromatic N) is 5. The molecule has 1 aromatic carbocycles. The van der Waals surface area contributed by atoms with Gasteiger partial charge in [0.15, 0.2) is 16.8 Å². The first kappa shape index (κ1) is 21.2. The molecule has 0 spiro atoms. The third kappa shape index (κ3) is 4.64. The second-order valence-corrected chi connectivity index (χ2v) is 8.95. The fourth-order valence-electron chi connectivity index (χ4n) is 2.75. The topological polar surface area (TPSA) is 143 Å². The summed E-state index contributed by atoms with van der Waals surface area (Å²) >= 11 is 1.07. The van der Waals surface area contributed by atoms with E-state index in [0.29, 0.717) is 11.5 Å². The molecule has 12 heteroatoms. The zero-order valence-corrected chi connectivity index (χ0v) is 18.0. The largest absolute Gasteiger partial charge is 0.309 e. The van der Waals surface area contributed by atoms with E-state index in [1.54, 1.807) is 48.0 Å². The first-order valence-corrected chi connectivity index (χ1v) is 11.5. The number of carbonyl (C=O) groups is 1. The van der Waals surface area contributed by atoms with Crippen molar-refractivity contribution in [1.82, 2.24) is 19.7 Å². The molecule has 1 amide bonds. The maximum atomic E-state index is 12.6. The van der Waals surface area contributed by atoms with Crippen LogP contribution in [-0.4, -0.2) is 34.1 Å². The number of hydrogen-bond acceptors (Lipinski definition) is 8. The Hall–Kier alpha value is -4.08. The first-order chi connectivity index (χ1) is 15.5. The van der Waals surface area contributed by atoms with Gasteiger partial charge in [-0.05, 0) is 24.3 Å². The number of nitrogens with one attached hydrogen (secondary N) is 2. The Balaban J connectivity index is 1.47. The molecule has 2 N–H and O–H groups in total. The van der Waals surface area contributed by atoms with E-state index in [-0.39, 0.29) is 27.8 Å². The Labute approximate surface area is 187 Å². The maximum absolute atomic E-state index is 12.6. The van der Waals surface area contributed by atoms with Gasteiger partial charge in [0.1, 0.15) is 11.6 Å². The molecule has 0 bridgehead atoms. The molecule has 3 aromatic heterocycles. The van der Waals surface area contributed by atoms with Crippen LogP contribution < -0.4 is 10.0 Å². The molecule has 0 unspecified atom stereocenters. The van der Waals surface area contributed by atoms with Gasteiger partial charge in [-0.2, -0.15) is 15.0 Å². The Kier molecular flexibility index (Phi) is 5.93. The SMILES string of the molecule is N#Cc1cnn(-c2ccccn2)c1NC(=O)Cc1csc(NS(=O)(=O)c2ccccc2)n1. The van der Waals surface area contributed by atoms with E-state index in [1.807, 2.05) is 6.07 Å². The van der Waals surface area contributed by atoms with E-state index in [1.165, 1.54) is 23.0 Å². The summed E-state index contributed by atoms with van der Waals surface area (Å²) in [5.41, 5.74) is 0.555. The normalized spacial score (nSPS) is 11.0. The van der Waals surface area contributed by atoms with Gasteiger partial charge in [0.05, 0.1) is 23.2 Å². The van der Waals surface area contributed by atoms with Gasteiger partial charge in [0.25, 0.3) is 10.0 Å². The minimum atomic E-state index is -3.77. The van der Waals surface area contributed by atoms with Crippen LogP contribution in [-0.2, 0) is 21.2 Å². The van der Waals surface area contributed by atoms with Crippen molar-refractivity contribution in [2.24, 2.45) is 0 Å². The predicted octanol–water partition coefficient (Wildman–Crippen LogP) is 2.58. The lowest BCUT2D eigenvalue weighted by Crippen LogP contribution is -2.18. The van der Waals surface area contributed by atoms with Crippen molar-refractivity contribution in [2.75, 3.05) is 10.0 Å². The standard InChI is InChI=1S/C20H15N7O3S2/c21-11-14-12-23-27(17-8-4-5-9-22-17)19(14)25-18(28)10-15-13-31-20(24-15)26-32(29,30)16-6-2-1-3-7-16/h1-9,12-13H,10H2,(H,24,26)(H,25,28). The van der Waals surface area contributed by atoms with Crippen molar-refractivity contribution in [3.05, 3.63) is 77.6 Å². The molecule has 0 saturated heterocycles. The lowest BCUT2D eigenvalue weighted by Gasteiger charge is -2.08. The molecule has 0 radical (unpaired) electrons. The van der Waals surface area contributed by atoms with Gasteiger partial charge in [-0.1, -0.05) is 24.3 Å². The number of pyridine rings is 1. The number of carbonyl (C=O) groups excluding carboxylic acids is 1. The van der Waals surface area contributed by atoms with E-state index >= 15 is 0 Å². The van der Waals surface area contributed by atoms with Gasteiger partial charge < -0.3 is 5.32 Å². The molecule has 4 aromatic rings. The summed E-state index contributed by atoms with van der Waals surface area (Å²) < 4.78 is 28.6. The van der Waals surface area contributed by atoms with Crippen LogP contribution >= 0.6 is 11.3 Å². The van der Waals surface area contributed by atoms with Gasteiger partial charge in [-0.15, -0.1) is 11.3 Å². The van der Waals surface area contributed by atoms with Crippen molar-refractivity contribution in [1.29, 1.82) is 5.26 Å². The van der Waals surface area contributed by atoms with Crippen molar-refractivity contribution < 1.29 is 13.2 Å². The van der Waals surface area contributed by atoms with Crippen LogP contribution in [0.2, 0.25) is 0 Å². The van der Waals surface area contributed by atoms with Gasteiger partial charge in [-0.3, -0.25) is 9.52 Å². The zero-order chi connectivity index (χ0) is 22.6. The number of benzene rings is 1. The summed E-state index contributed by atoms with van der Waals surface area (Å²) in [6.07, 6.45) is 2.79. The number of hydrogen-bond donors (Lipinski definition) is 2. The average Bonchev–Trinajstić information content (AvgIpc) is 3.41. The molecule has 0 atom stereocenters. The van der Waals surface area contributed by atoms with Crippen molar-refractivity contribution in [3.63, 3.8) is 0 Å². The Morgan fingerprint density at radius 3 is 2.66 bits per heavy atom. The third-order valence-electron chi connectivity index (χ3n) is 4.18. The predicted molar refractivity (Wildman–Crippen MR) is 118 cm³/mol. The van der Waals surface area contributed by atoms with E-state index in [0.717, 1.165) is 11.3 Å². The van der Waals surface area contributed by atoms with Crippen molar-refractivity contribution >= 4 is 38.2 Å². The maximum Gasteiger partial charge on any atom is 0.263 e. The molecule has 0 aliphatic rings. The van der Waals surface area contributed by atoms with E-state index in [2.05, 4.69) is 25.1 Å². The summed E-state index contributed by atoms with van der Waals surface area (Å²) in [4.78, 5) is 21.1. The lowest BCUT2D eigenvalue weighted by molar-refractivity contribution is -0.115. The van der Waals surface area contributed by atoms with E-state index < -0.39 is 15.9 Å². The Morgan fingerprint density at radius 2 is 1.94 bits per heavy atom. The van der Waals surface area contributed by atoms with Gasteiger partial charge in [0.2, 0.25) is 5.91 Å². The summed E-state index contributed by atoms with van der Waals surface area (Å²) in [5.74, 6) is 0.189. The first-order valence-electron chi connectivity index (χ1n) is 9.18. The molecule has 0 aliphatic carbocycles. The smallest absolute Gasteiger partial charge is 0.263 e. The molecule has 4 rings (SSSR count). The highest BCUT2D eigenvalue weighted by molar-refractivity contribution is 7.93. The van der Waals surface area contributed by atoms with E-state index in [4.69, 9.17) is 0 Å². The molecule has 32 heavy (non-hydrogen) atoms. The van der Waals surface area contributed by atoms with Crippen molar-refractivity contribution in [2.45, 2.75) is 11.3 Å². The molecule has 3 heterocycles. The third-order valence-corrected chi connectivity index (χ3v) is 6.47. The highest BCUT2D eigenvalue weighted by Gasteiger charge is 2.19. The molecular weight excluding hydrogens is 450 g/mol. The number of nitriles is 1. The number of aromatic nitrogens is 4. The molecular formula is C20H15N7O3S2. The minimum Gasteiger partial charge on any atom is -0.309 e. The second kappa shape index (κ2) is 8.96. The van der Waals surface area contributed by atoms with E-state index in [9.17, 15) is 18.5 Å².